The van der Waals surface area contributed by atoms with E-state index < -0.39 is 0 Å². The van der Waals surface area contributed by atoms with Gasteiger partial charge in [-0.05, 0) is 47.7 Å². The van der Waals surface area contributed by atoms with Crippen LogP contribution in [0.5, 0.6) is 0 Å². The maximum Gasteiger partial charge on any atom is 0.258 e. The van der Waals surface area contributed by atoms with Crippen LogP contribution in [0.4, 0.5) is 5.69 Å². The molecule has 1 aromatic heterocycles. The molecule has 0 atom stereocenters. The van der Waals surface area contributed by atoms with Gasteiger partial charge in [-0.1, -0.05) is 18.5 Å². The largest absolute Gasteiger partial charge is 0.342 e. The van der Waals surface area contributed by atoms with Gasteiger partial charge in [0.1, 0.15) is 0 Å². The normalized spacial score (nSPS) is 16.6. The molecule has 0 radical (unpaired) electrons. The SMILES string of the molecule is CCC(=O)N1CC(Cc2cncc(N3Cc4cc(Cl)ccc4C3=O)c2)C1. The first-order chi connectivity index (χ1) is 12.5. The summed E-state index contributed by atoms with van der Waals surface area (Å²) in [6.45, 7) is 4.02. The lowest BCUT2D eigenvalue weighted by atomic mass is 9.92. The van der Waals surface area contributed by atoms with Crippen molar-refractivity contribution in [2.24, 2.45) is 5.92 Å². The standard InChI is InChI=1S/C20H20ClN3O2/c1-2-19(25)23-10-14(11-23)5-13-6-17(9-22-8-13)24-12-15-7-16(21)3-4-18(15)20(24)26/h3-4,6-9,14H,2,5,10-12H2,1H3. The number of carbonyl (C=O) groups is 2. The summed E-state index contributed by atoms with van der Waals surface area (Å²) < 4.78 is 0. The summed E-state index contributed by atoms with van der Waals surface area (Å²) >= 11 is 6.04. The number of benzene rings is 1. The van der Waals surface area contributed by atoms with Crippen molar-refractivity contribution in [2.45, 2.75) is 26.3 Å². The molecule has 2 aliphatic heterocycles. The molecule has 2 amide bonds. The Morgan fingerprint density at radius 1 is 1.27 bits per heavy atom. The minimum Gasteiger partial charge on any atom is -0.342 e. The fourth-order valence-electron chi connectivity index (χ4n) is 3.69. The molecule has 1 fully saturated rings. The molecular weight excluding hydrogens is 350 g/mol. The predicted molar refractivity (Wildman–Crippen MR) is 100 cm³/mol. The Labute approximate surface area is 157 Å². The molecule has 2 aliphatic rings. The molecule has 0 bridgehead atoms. The first-order valence-corrected chi connectivity index (χ1v) is 9.25. The van der Waals surface area contributed by atoms with E-state index in [1.54, 1.807) is 23.2 Å². The minimum atomic E-state index is -0.0148. The molecule has 5 nitrogen and oxygen atoms in total. The molecule has 0 N–H and O–H groups in total. The van der Waals surface area contributed by atoms with Gasteiger partial charge in [0.05, 0.1) is 18.4 Å². The zero-order chi connectivity index (χ0) is 18.3. The molecule has 2 aromatic rings. The topological polar surface area (TPSA) is 53.5 Å². The average Bonchev–Trinajstić information content (AvgIpc) is 2.93. The highest BCUT2D eigenvalue weighted by Gasteiger charge is 2.31. The van der Waals surface area contributed by atoms with Gasteiger partial charge in [0, 0.05) is 36.3 Å². The third-order valence-electron chi connectivity index (χ3n) is 5.10. The zero-order valence-electron chi connectivity index (χ0n) is 14.6. The number of hydrogen-bond acceptors (Lipinski definition) is 3. The van der Waals surface area contributed by atoms with E-state index >= 15 is 0 Å². The monoisotopic (exact) mass is 369 g/mol. The van der Waals surface area contributed by atoms with Crippen LogP contribution in [0.2, 0.25) is 5.02 Å². The van der Waals surface area contributed by atoms with E-state index in [2.05, 4.69) is 4.98 Å². The van der Waals surface area contributed by atoms with Gasteiger partial charge in [-0.3, -0.25) is 14.6 Å². The number of nitrogens with zero attached hydrogens (tertiary/aromatic N) is 3. The number of amides is 2. The Kier molecular flexibility index (Phi) is 4.41. The lowest BCUT2D eigenvalue weighted by molar-refractivity contribution is -0.137. The highest BCUT2D eigenvalue weighted by Crippen LogP contribution is 2.31. The van der Waals surface area contributed by atoms with Crippen molar-refractivity contribution in [3.63, 3.8) is 0 Å². The summed E-state index contributed by atoms with van der Waals surface area (Å²) in [5.41, 5.74) is 3.55. The second kappa shape index (κ2) is 6.72. The number of likely N-dealkylation sites (tertiary alicyclic amines) is 1. The summed E-state index contributed by atoms with van der Waals surface area (Å²) in [4.78, 5) is 32.3. The summed E-state index contributed by atoms with van der Waals surface area (Å²) in [7, 11) is 0. The number of pyridine rings is 1. The summed E-state index contributed by atoms with van der Waals surface area (Å²) in [6.07, 6.45) is 5.00. The Bertz CT molecular complexity index is 877. The molecule has 26 heavy (non-hydrogen) atoms. The van der Waals surface area contributed by atoms with Crippen molar-refractivity contribution in [3.8, 4) is 0 Å². The van der Waals surface area contributed by atoms with E-state index in [0.29, 0.717) is 29.5 Å². The van der Waals surface area contributed by atoms with Crippen LogP contribution in [0.15, 0.2) is 36.7 Å². The van der Waals surface area contributed by atoms with Gasteiger partial charge in [0.2, 0.25) is 5.91 Å². The maximum atomic E-state index is 12.7. The maximum absolute atomic E-state index is 12.7. The highest BCUT2D eigenvalue weighted by molar-refractivity contribution is 6.31. The fraction of sp³-hybridized carbons (Fsp3) is 0.350. The van der Waals surface area contributed by atoms with Gasteiger partial charge in [0.15, 0.2) is 0 Å². The van der Waals surface area contributed by atoms with E-state index in [1.807, 2.05) is 30.2 Å². The Morgan fingerprint density at radius 3 is 2.85 bits per heavy atom. The van der Waals surface area contributed by atoms with Gasteiger partial charge in [-0.2, -0.15) is 0 Å². The number of fused-ring (bicyclic) bond motifs is 1. The first-order valence-electron chi connectivity index (χ1n) is 8.87. The minimum absolute atomic E-state index is 0.0148. The lowest BCUT2D eigenvalue weighted by Crippen LogP contribution is -2.50. The number of hydrogen-bond donors (Lipinski definition) is 0. The third kappa shape index (κ3) is 3.07. The fourth-order valence-corrected chi connectivity index (χ4v) is 3.89. The van der Waals surface area contributed by atoms with Crippen molar-refractivity contribution in [1.82, 2.24) is 9.88 Å². The molecule has 0 unspecified atom stereocenters. The molecule has 134 valence electrons. The van der Waals surface area contributed by atoms with Crippen LogP contribution in [0.1, 0.15) is 34.8 Å². The van der Waals surface area contributed by atoms with Crippen molar-refractivity contribution >= 4 is 29.1 Å². The quantitative estimate of drug-likeness (QED) is 0.830. The molecule has 1 aromatic carbocycles. The van der Waals surface area contributed by atoms with Crippen LogP contribution >= 0.6 is 11.6 Å². The highest BCUT2D eigenvalue weighted by atomic mass is 35.5. The van der Waals surface area contributed by atoms with Crippen LogP contribution in [-0.4, -0.2) is 34.8 Å². The van der Waals surface area contributed by atoms with E-state index in [0.717, 1.165) is 36.3 Å². The lowest BCUT2D eigenvalue weighted by Gasteiger charge is -2.39. The van der Waals surface area contributed by atoms with E-state index in [1.165, 1.54) is 0 Å². The van der Waals surface area contributed by atoms with E-state index in [4.69, 9.17) is 11.6 Å². The summed E-state index contributed by atoms with van der Waals surface area (Å²) in [6, 6.07) is 7.41. The molecule has 4 rings (SSSR count). The van der Waals surface area contributed by atoms with Crippen LogP contribution in [0, 0.1) is 5.92 Å². The van der Waals surface area contributed by atoms with Gasteiger partial charge < -0.3 is 9.80 Å². The molecule has 0 aliphatic carbocycles. The second-order valence-corrected chi connectivity index (χ2v) is 7.40. The predicted octanol–water partition coefficient (Wildman–Crippen LogP) is 3.31. The molecule has 1 saturated heterocycles. The number of anilines is 1. The number of aromatic nitrogens is 1. The van der Waals surface area contributed by atoms with Crippen molar-refractivity contribution < 1.29 is 9.59 Å². The Hall–Kier alpha value is -2.40. The molecule has 0 spiro atoms. The Morgan fingerprint density at radius 2 is 2.08 bits per heavy atom. The van der Waals surface area contributed by atoms with Gasteiger partial charge in [-0.25, -0.2) is 0 Å². The van der Waals surface area contributed by atoms with Gasteiger partial charge in [0.25, 0.3) is 5.91 Å². The summed E-state index contributed by atoms with van der Waals surface area (Å²) in [5, 5.41) is 0.640. The van der Waals surface area contributed by atoms with Crippen molar-refractivity contribution in [3.05, 3.63) is 58.4 Å². The van der Waals surface area contributed by atoms with Crippen molar-refractivity contribution in [2.75, 3.05) is 18.0 Å². The second-order valence-electron chi connectivity index (χ2n) is 6.97. The van der Waals surface area contributed by atoms with Crippen LogP contribution in [0.3, 0.4) is 0 Å². The van der Waals surface area contributed by atoms with E-state index in [9.17, 15) is 9.59 Å². The van der Waals surface area contributed by atoms with Gasteiger partial charge in [-0.15, -0.1) is 0 Å². The van der Waals surface area contributed by atoms with E-state index in [-0.39, 0.29) is 11.8 Å². The van der Waals surface area contributed by atoms with Gasteiger partial charge >= 0.3 is 0 Å². The molecule has 6 heteroatoms. The molecule has 3 heterocycles. The first kappa shape index (κ1) is 17.0. The number of carbonyl (C=O) groups excluding carboxylic acids is 2. The number of halogens is 1. The molecular formula is C20H20ClN3O2. The van der Waals surface area contributed by atoms with Crippen molar-refractivity contribution in [1.29, 1.82) is 0 Å². The molecule has 0 saturated carbocycles. The van der Waals surface area contributed by atoms with Crippen LogP contribution in [0.25, 0.3) is 0 Å². The zero-order valence-corrected chi connectivity index (χ0v) is 15.4. The smallest absolute Gasteiger partial charge is 0.258 e. The van der Waals surface area contributed by atoms with Crippen LogP contribution in [-0.2, 0) is 17.8 Å². The van der Waals surface area contributed by atoms with Crippen LogP contribution < -0.4 is 4.90 Å². The Balaban J connectivity index is 1.46. The third-order valence-corrected chi connectivity index (χ3v) is 5.34. The summed E-state index contributed by atoms with van der Waals surface area (Å²) in [5.74, 6) is 0.666. The number of rotatable bonds is 4. The average molecular weight is 370 g/mol.